The van der Waals surface area contributed by atoms with Gasteiger partial charge >= 0.3 is 0 Å². The zero-order valence-electron chi connectivity index (χ0n) is 25.7. The van der Waals surface area contributed by atoms with Crippen LogP contribution in [-0.2, 0) is 16.1 Å². The van der Waals surface area contributed by atoms with Crippen molar-refractivity contribution in [2.45, 2.75) is 57.7 Å². The van der Waals surface area contributed by atoms with Gasteiger partial charge in [-0.05, 0) is 55.2 Å². The number of nitrogens with zero attached hydrogens (tertiary/aromatic N) is 5. The van der Waals surface area contributed by atoms with Gasteiger partial charge in [-0.15, -0.1) is 0 Å². The van der Waals surface area contributed by atoms with Crippen LogP contribution in [0.25, 0.3) is 0 Å². The van der Waals surface area contributed by atoms with E-state index in [1.54, 1.807) is 43.5 Å². The molecular weight excluding hydrogens is 558 g/mol. The van der Waals surface area contributed by atoms with Gasteiger partial charge in [-0.25, -0.2) is 4.98 Å². The third-order valence-corrected chi connectivity index (χ3v) is 8.84. The van der Waals surface area contributed by atoms with Crippen molar-refractivity contribution in [3.63, 3.8) is 0 Å². The van der Waals surface area contributed by atoms with Crippen LogP contribution in [0.4, 0.5) is 28.8 Å². The lowest BCUT2D eigenvalue weighted by Gasteiger charge is -2.43. The lowest BCUT2D eigenvalue weighted by molar-refractivity contribution is -0.120. The second kappa shape index (κ2) is 13.2. The number of fused-ring (bicyclic) bond motifs is 1. The zero-order valence-corrected chi connectivity index (χ0v) is 25.7. The fourth-order valence-electron chi connectivity index (χ4n) is 6.41. The number of methoxy groups -OCH3 is 1. The van der Waals surface area contributed by atoms with Crippen molar-refractivity contribution in [3.05, 3.63) is 59.8 Å². The molecule has 1 atom stereocenters. The van der Waals surface area contributed by atoms with Gasteiger partial charge in [-0.2, -0.15) is 4.98 Å². The molecule has 3 aromatic rings. The first-order chi connectivity index (χ1) is 21.4. The number of ether oxygens (including phenoxy) is 2. The smallest absolute Gasteiger partial charge is 0.255 e. The molecular formula is C33H41N7O4. The monoisotopic (exact) mass is 599 g/mol. The van der Waals surface area contributed by atoms with Gasteiger partial charge in [0.05, 0.1) is 32.2 Å². The van der Waals surface area contributed by atoms with Crippen LogP contribution in [0.5, 0.6) is 5.75 Å². The molecule has 44 heavy (non-hydrogen) atoms. The Morgan fingerprint density at radius 1 is 1.09 bits per heavy atom. The Labute approximate surface area is 258 Å². The average molecular weight is 600 g/mol. The largest absolute Gasteiger partial charge is 0.495 e. The number of carbonyl (C=O) groups excluding carboxylic acids is 2. The van der Waals surface area contributed by atoms with Gasteiger partial charge in [0.1, 0.15) is 17.5 Å². The lowest BCUT2D eigenvalue weighted by atomic mass is 10.0. The van der Waals surface area contributed by atoms with Crippen LogP contribution in [0.2, 0.25) is 0 Å². The van der Waals surface area contributed by atoms with Crippen LogP contribution in [0.15, 0.2) is 48.7 Å². The highest BCUT2D eigenvalue weighted by molar-refractivity contribution is 6.05. The molecule has 0 bridgehead atoms. The summed E-state index contributed by atoms with van der Waals surface area (Å²) in [6.07, 6.45) is 6.83. The number of benzene rings is 2. The minimum absolute atomic E-state index is 0.0793. The highest BCUT2D eigenvalue weighted by Crippen LogP contribution is 2.40. The summed E-state index contributed by atoms with van der Waals surface area (Å²) in [5, 5.41) is 6.26. The van der Waals surface area contributed by atoms with Crippen LogP contribution in [0, 0.1) is 0 Å². The molecule has 0 radical (unpaired) electrons. The van der Waals surface area contributed by atoms with Gasteiger partial charge < -0.3 is 29.9 Å². The fourth-order valence-corrected chi connectivity index (χ4v) is 6.41. The molecule has 0 spiro atoms. The van der Waals surface area contributed by atoms with Crippen molar-refractivity contribution in [3.8, 4) is 5.75 Å². The van der Waals surface area contributed by atoms with Crippen molar-refractivity contribution in [1.29, 1.82) is 0 Å². The van der Waals surface area contributed by atoms with Crippen LogP contribution in [-0.4, -0.2) is 79.2 Å². The molecule has 2 fully saturated rings. The van der Waals surface area contributed by atoms with Crippen molar-refractivity contribution in [2.75, 3.05) is 60.9 Å². The first kappa shape index (κ1) is 29.8. The third-order valence-electron chi connectivity index (χ3n) is 8.84. The first-order valence-corrected chi connectivity index (χ1v) is 15.5. The molecule has 1 aromatic heterocycles. The number of rotatable bonds is 9. The summed E-state index contributed by atoms with van der Waals surface area (Å²) >= 11 is 0. The molecule has 2 amide bonds. The first-order valence-electron chi connectivity index (χ1n) is 15.5. The number of anilines is 5. The second-order valence-corrected chi connectivity index (χ2v) is 11.6. The van der Waals surface area contributed by atoms with E-state index in [4.69, 9.17) is 14.5 Å². The average Bonchev–Trinajstić information content (AvgIpc) is 3.59. The number of amides is 2. The maximum absolute atomic E-state index is 13.2. The van der Waals surface area contributed by atoms with Gasteiger partial charge in [-0.3, -0.25) is 14.5 Å². The number of aromatic nitrogens is 2. The van der Waals surface area contributed by atoms with E-state index in [9.17, 15) is 9.59 Å². The molecule has 3 heterocycles. The summed E-state index contributed by atoms with van der Waals surface area (Å²) in [7, 11) is 3.36. The number of hydrogen-bond acceptors (Lipinski definition) is 9. The summed E-state index contributed by atoms with van der Waals surface area (Å²) in [4.78, 5) is 42.0. The summed E-state index contributed by atoms with van der Waals surface area (Å²) in [5.74, 6) is 1.51. The van der Waals surface area contributed by atoms with Crippen molar-refractivity contribution < 1.29 is 19.1 Å². The van der Waals surface area contributed by atoms with E-state index in [2.05, 4.69) is 25.4 Å². The quantitative estimate of drug-likeness (QED) is 0.358. The summed E-state index contributed by atoms with van der Waals surface area (Å²) in [6, 6.07) is 13.2. The van der Waals surface area contributed by atoms with Crippen molar-refractivity contribution >= 4 is 40.6 Å². The predicted octanol–water partition coefficient (Wildman–Crippen LogP) is 4.82. The van der Waals surface area contributed by atoms with E-state index < -0.39 is 0 Å². The molecule has 2 N–H and O–H groups in total. The number of carbonyl (C=O) groups is 2. The third kappa shape index (κ3) is 6.20. The van der Waals surface area contributed by atoms with Crippen LogP contribution in [0.3, 0.4) is 0 Å². The summed E-state index contributed by atoms with van der Waals surface area (Å²) in [6.45, 7) is 6.31. The number of likely N-dealkylation sites (N-methyl/N-ethyl adjacent to an activating group) is 1. The maximum Gasteiger partial charge on any atom is 0.255 e. The lowest BCUT2D eigenvalue weighted by Crippen LogP contribution is -2.55. The van der Waals surface area contributed by atoms with Gasteiger partial charge in [-0.1, -0.05) is 31.9 Å². The fraction of sp³-hybridized carbons (Fsp3) is 0.455. The van der Waals surface area contributed by atoms with Crippen LogP contribution in [0.1, 0.15) is 54.9 Å². The van der Waals surface area contributed by atoms with E-state index in [1.165, 1.54) is 5.56 Å². The molecule has 11 nitrogen and oxygen atoms in total. The minimum Gasteiger partial charge on any atom is -0.495 e. The van der Waals surface area contributed by atoms with E-state index in [-0.39, 0.29) is 23.9 Å². The molecule has 0 unspecified atom stereocenters. The Kier molecular flexibility index (Phi) is 8.94. The molecule has 2 aliphatic heterocycles. The van der Waals surface area contributed by atoms with Gasteiger partial charge in [0.2, 0.25) is 11.9 Å². The van der Waals surface area contributed by atoms with E-state index in [0.29, 0.717) is 35.1 Å². The van der Waals surface area contributed by atoms with E-state index in [0.717, 1.165) is 70.0 Å². The molecule has 1 aliphatic carbocycles. The standard InChI is InChI=1S/C33H41N7O4/c1-4-27-32(42)38(2)28-20-34-33(37-30(28)40(27)25-7-5-6-8-25)36-26-14-11-23(19-29(26)43-3)31(41)35-24-12-9-22(10-13-24)21-39-15-17-44-18-16-39/h9-14,19-20,25,27H,4-8,15-18,21H2,1-3H3,(H,35,41)(H,34,36,37)/t27-/m1/s1. The van der Waals surface area contributed by atoms with Crippen LogP contribution >= 0.6 is 0 Å². The SMILES string of the molecule is CC[C@@H]1C(=O)N(C)c2cnc(Nc3ccc(C(=O)Nc4ccc(CN5CCOCC5)cc4)cc3OC)nc2N1C1CCCC1. The zero-order chi connectivity index (χ0) is 30.6. The van der Waals surface area contributed by atoms with Crippen LogP contribution < -0.4 is 25.2 Å². The molecule has 1 saturated heterocycles. The Hall–Kier alpha value is -4.22. The molecule has 2 aromatic carbocycles. The van der Waals surface area contributed by atoms with Crippen molar-refractivity contribution in [2.24, 2.45) is 0 Å². The van der Waals surface area contributed by atoms with Gasteiger partial charge in [0.25, 0.3) is 5.91 Å². The highest BCUT2D eigenvalue weighted by atomic mass is 16.5. The highest BCUT2D eigenvalue weighted by Gasteiger charge is 2.41. The van der Waals surface area contributed by atoms with Gasteiger partial charge in [0, 0.05) is 44.0 Å². The number of hydrogen-bond donors (Lipinski definition) is 2. The molecule has 1 saturated carbocycles. The Morgan fingerprint density at radius 3 is 2.55 bits per heavy atom. The molecule has 6 rings (SSSR count). The second-order valence-electron chi connectivity index (χ2n) is 11.6. The normalized spacial score (nSPS) is 19.2. The Balaban J connectivity index is 1.17. The maximum atomic E-state index is 13.2. The number of morpholine rings is 1. The Bertz CT molecular complexity index is 1490. The van der Waals surface area contributed by atoms with E-state index >= 15 is 0 Å². The van der Waals surface area contributed by atoms with Crippen molar-refractivity contribution in [1.82, 2.24) is 14.9 Å². The summed E-state index contributed by atoms with van der Waals surface area (Å²) < 4.78 is 11.1. The molecule has 3 aliphatic rings. The minimum atomic E-state index is -0.244. The Morgan fingerprint density at radius 2 is 1.84 bits per heavy atom. The van der Waals surface area contributed by atoms with Gasteiger partial charge in [0.15, 0.2) is 5.82 Å². The molecule has 232 valence electrons. The number of nitrogens with one attached hydrogen (secondary N) is 2. The van der Waals surface area contributed by atoms with E-state index in [1.807, 2.05) is 31.2 Å². The topological polar surface area (TPSA) is 112 Å². The molecule has 11 heteroatoms. The summed E-state index contributed by atoms with van der Waals surface area (Å²) in [5.41, 5.74) is 3.74. The predicted molar refractivity (Wildman–Crippen MR) is 171 cm³/mol.